The molecule has 4 fully saturated rings. The summed E-state index contributed by atoms with van der Waals surface area (Å²) < 4.78 is 0. The minimum atomic E-state index is -0.0292. The molecule has 23 heavy (non-hydrogen) atoms. The molecule has 2 N–H and O–H groups in total. The molecular formula is C19H24N2OS. The summed E-state index contributed by atoms with van der Waals surface area (Å²) in [5.41, 5.74) is 1.17. The molecule has 4 saturated carbocycles. The van der Waals surface area contributed by atoms with E-state index in [0.717, 1.165) is 23.3 Å². The van der Waals surface area contributed by atoms with Crippen LogP contribution in [0.5, 0.6) is 0 Å². The van der Waals surface area contributed by atoms with Gasteiger partial charge in [-0.1, -0.05) is 30.3 Å². The molecule has 4 aliphatic carbocycles. The molecule has 1 aromatic rings. The standard InChI is InChI=1S/C19H24N2OS/c22-17(9-13-4-2-1-3-5-13)20-18(23)21-19-10-14-6-15(11-19)8-16(7-14)12-19/h1-5,14-16H,6-12H2,(H2,20,21,22,23). The zero-order valence-corrected chi connectivity index (χ0v) is 14.2. The fraction of sp³-hybridized carbons (Fsp3) is 0.579. The lowest BCUT2D eigenvalue weighted by molar-refractivity contribution is -0.119. The van der Waals surface area contributed by atoms with Crippen molar-refractivity contribution in [2.45, 2.75) is 50.5 Å². The predicted molar refractivity (Wildman–Crippen MR) is 94.9 cm³/mol. The summed E-state index contributed by atoms with van der Waals surface area (Å²) in [6, 6.07) is 9.80. The highest BCUT2D eigenvalue weighted by Crippen LogP contribution is 2.55. The van der Waals surface area contributed by atoms with Crippen molar-refractivity contribution < 1.29 is 4.79 Å². The predicted octanol–water partition coefficient (Wildman–Crippen LogP) is 3.19. The summed E-state index contributed by atoms with van der Waals surface area (Å²) in [6.07, 6.45) is 8.30. The normalized spacial score (nSPS) is 34.2. The van der Waals surface area contributed by atoms with Gasteiger partial charge in [0.05, 0.1) is 6.42 Å². The summed E-state index contributed by atoms with van der Waals surface area (Å²) in [6.45, 7) is 0. The zero-order chi connectivity index (χ0) is 15.9. The van der Waals surface area contributed by atoms with Crippen molar-refractivity contribution in [2.75, 3.05) is 0 Å². The molecule has 1 amide bonds. The monoisotopic (exact) mass is 328 g/mol. The van der Waals surface area contributed by atoms with Gasteiger partial charge in [0, 0.05) is 5.54 Å². The van der Waals surface area contributed by atoms with Gasteiger partial charge in [0.25, 0.3) is 0 Å². The van der Waals surface area contributed by atoms with E-state index in [4.69, 9.17) is 12.2 Å². The van der Waals surface area contributed by atoms with Gasteiger partial charge in [-0.3, -0.25) is 4.79 Å². The second-order valence-electron chi connectivity index (χ2n) is 7.86. The first-order valence-corrected chi connectivity index (χ1v) is 9.17. The number of thiocarbonyl (C=S) groups is 1. The van der Waals surface area contributed by atoms with Gasteiger partial charge in [0.2, 0.25) is 5.91 Å². The van der Waals surface area contributed by atoms with Gasteiger partial charge in [-0.25, -0.2) is 0 Å². The summed E-state index contributed by atoms with van der Waals surface area (Å²) in [4.78, 5) is 12.2. The van der Waals surface area contributed by atoms with E-state index in [0.29, 0.717) is 11.5 Å². The highest BCUT2D eigenvalue weighted by Gasteiger charge is 2.51. The number of carbonyl (C=O) groups excluding carboxylic acids is 1. The van der Waals surface area contributed by atoms with Gasteiger partial charge in [0.15, 0.2) is 5.11 Å². The quantitative estimate of drug-likeness (QED) is 0.837. The molecular weight excluding hydrogens is 304 g/mol. The highest BCUT2D eigenvalue weighted by molar-refractivity contribution is 7.80. The van der Waals surface area contributed by atoms with Gasteiger partial charge in [-0.2, -0.15) is 0 Å². The van der Waals surface area contributed by atoms with Gasteiger partial charge in [-0.15, -0.1) is 0 Å². The number of hydrogen-bond acceptors (Lipinski definition) is 2. The lowest BCUT2D eigenvalue weighted by Crippen LogP contribution is -2.61. The molecule has 0 saturated heterocycles. The molecule has 4 heteroatoms. The molecule has 0 unspecified atom stereocenters. The van der Waals surface area contributed by atoms with E-state index in [9.17, 15) is 4.79 Å². The second kappa shape index (κ2) is 5.90. The van der Waals surface area contributed by atoms with Crippen molar-refractivity contribution in [3.05, 3.63) is 35.9 Å². The second-order valence-corrected chi connectivity index (χ2v) is 8.27. The van der Waals surface area contributed by atoms with E-state index in [1.54, 1.807) is 0 Å². The summed E-state index contributed by atoms with van der Waals surface area (Å²) in [7, 11) is 0. The van der Waals surface area contributed by atoms with Crippen molar-refractivity contribution in [1.82, 2.24) is 10.6 Å². The van der Waals surface area contributed by atoms with Crippen molar-refractivity contribution in [3.8, 4) is 0 Å². The summed E-state index contributed by atoms with van der Waals surface area (Å²) in [5.74, 6) is 2.59. The van der Waals surface area contributed by atoms with E-state index in [1.165, 1.54) is 38.5 Å². The summed E-state index contributed by atoms with van der Waals surface area (Å²) >= 11 is 5.44. The van der Waals surface area contributed by atoms with Crippen LogP contribution in [0.4, 0.5) is 0 Å². The van der Waals surface area contributed by atoms with Crippen LogP contribution in [-0.4, -0.2) is 16.6 Å². The van der Waals surface area contributed by atoms with Gasteiger partial charge in [0.1, 0.15) is 0 Å². The number of nitrogens with one attached hydrogen (secondary N) is 2. The third kappa shape index (κ3) is 3.27. The Morgan fingerprint density at radius 1 is 1.04 bits per heavy atom. The molecule has 0 atom stereocenters. The molecule has 0 aromatic heterocycles. The highest BCUT2D eigenvalue weighted by atomic mass is 32.1. The lowest BCUT2D eigenvalue weighted by atomic mass is 9.53. The molecule has 4 bridgehead atoms. The topological polar surface area (TPSA) is 41.1 Å². The minimum absolute atomic E-state index is 0.0292. The number of benzene rings is 1. The molecule has 5 rings (SSSR count). The Bertz CT molecular complexity index is 578. The lowest BCUT2D eigenvalue weighted by Gasteiger charge is -2.57. The molecule has 122 valence electrons. The fourth-order valence-corrected chi connectivity index (χ4v) is 5.82. The Morgan fingerprint density at radius 3 is 2.17 bits per heavy atom. The zero-order valence-electron chi connectivity index (χ0n) is 13.4. The van der Waals surface area contributed by atoms with Crippen molar-refractivity contribution in [3.63, 3.8) is 0 Å². The van der Waals surface area contributed by atoms with Crippen molar-refractivity contribution >= 4 is 23.2 Å². The van der Waals surface area contributed by atoms with Crippen LogP contribution in [0.1, 0.15) is 44.1 Å². The van der Waals surface area contributed by atoms with Crippen LogP contribution in [-0.2, 0) is 11.2 Å². The van der Waals surface area contributed by atoms with E-state index in [-0.39, 0.29) is 11.4 Å². The number of hydrogen-bond donors (Lipinski definition) is 2. The van der Waals surface area contributed by atoms with E-state index < -0.39 is 0 Å². The van der Waals surface area contributed by atoms with Crippen LogP contribution in [0.25, 0.3) is 0 Å². The van der Waals surface area contributed by atoms with Crippen LogP contribution in [0.15, 0.2) is 30.3 Å². The maximum absolute atomic E-state index is 12.2. The molecule has 0 aliphatic heterocycles. The Labute approximate surface area is 143 Å². The SMILES string of the molecule is O=C(Cc1ccccc1)NC(=S)NC12CC3CC(CC(C3)C1)C2. The van der Waals surface area contributed by atoms with Crippen LogP contribution in [0, 0.1) is 17.8 Å². The maximum atomic E-state index is 12.2. The first-order chi connectivity index (χ1) is 11.1. The molecule has 4 aliphatic rings. The first kappa shape index (κ1) is 15.1. The van der Waals surface area contributed by atoms with Crippen LogP contribution >= 0.6 is 12.2 Å². The molecule has 3 nitrogen and oxygen atoms in total. The third-order valence-corrected chi connectivity index (χ3v) is 6.08. The molecule has 0 spiro atoms. The van der Waals surface area contributed by atoms with E-state index in [2.05, 4.69) is 10.6 Å². The number of amides is 1. The summed E-state index contributed by atoms with van der Waals surface area (Å²) in [5, 5.41) is 6.95. The van der Waals surface area contributed by atoms with E-state index >= 15 is 0 Å². The van der Waals surface area contributed by atoms with Crippen molar-refractivity contribution in [1.29, 1.82) is 0 Å². The van der Waals surface area contributed by atoms with Crippen molar-refractivity contribution in [2.24, 2.45) is 17.8 Å². The Morgan fingerprint density at radius 2 is 1.61 bits per heavy atom. The first-order valence-electron chi connectivity index (χ1n) is 8.76. The molecule has 0 radical (unpaired) electrons. The third-order valence-electron chi connectivity index (χ3n) is 5.88. The maximum Gasteiger partial charge on any atom is 0.230 e. The average Bonchev–Trinajstić information content (AvgIpc) is 2.45. The Hall–Kier alpha value is -1.42. The smallest absolute Gasteiger partial charge is 0.230 e. The van der Waals surface area contributed by atoms with Gasteiger partial charge in [-0.05, 0) is 74.1 Å². The minimum Gasteiger partial charge on any atom is -0.357 e. The van der Waals surface area contributed by atoms with E-state index in [1.807, 2.05) is 30.3 Å². The number of carbonyl (C=O) groups is 1. The van der Waals surface area contributed by atoms with Crippen LogP contribution < -0.4 is 10.6 Å². The van der Waals surface area contributed by atoms with Gasteiger partial charge >= 0.3 is 0 Å². The largest absolute Gasteiger partial charge is 0.357 e. The Kier molecular flexibility index (Phi) is 3.88. The molecule has 0 heterocycles. The Balaban J connectivity index is 1.34. The van der Waals surface area contributed by atoms with Crippen LogP contribution in [0.3, 0.4) is 0 Å². The molecule has 1 aromatic carbocycles. The van der Waals surface area contributed by atoms with Crippen LogP contribution in [0.2, 0.25) is 0 Å². The number of rotatable bonds is 3. The van der Waals surface area contributed by atoms with Gasteiger partial charge < -0.3 is 10.6 Å². The average molecular weight is 328 g/mol. The fourth-order valence-electron chi connectivity index (χ4n) is 5.49.